The molecule has 1 aliphatic rings. The van der Waals surface area contributed by atoms with Crippen molar-refractivity contribution in [3.05, 3.63) is 75.7 Å². The fourth-order valence-electron chi connectivity index (χ4n) is 3.37. The highest BCUT2D eigenvalue weighted by Crippen LogP contribution is 2.35. The summed E-state index contributed by atoms with van der Waals surface area (Å²) in [7, 11) is 0. The first-order chi connectivity index (χ1) is 16.8. The van der Waals surface area contributed by atoms with Crippen LogP contribution in [0.3, 0.4) is 0 Å². The predicted octanol–water partition coefficient (Wildman–Crippen LogP) is 5.86. The van der Waals surface area contributed by atoms with Crippen LogP contribution in [0.2, 0.25) is 15.1 Å². The Morgan fingerprint density at radius 3 is 2.54 bits per heavy atom. The quantitative estimate of drug-likeness (QED) is 0.391. The number of halogens is 3. The molecule has 1 heterocycles. The fraction of sp³-hybridized carbons (Fsp3) is 0.200. The third-order valence-electron chi connectivity index (χ3n) is 5.13. The maximum atomic E-state index is 12.7. The second-order valence-electron chi connectivity index (χ2n) is 7.64. The van der Waals surface area contributed by atoms with Gasteiger partial charge in [0.05, 0.1) is 17.3 Å². The standard InChI is InChI=1S/C25H21Cl3N2O5/c1-15(35-22-8-4-17(27)12-20(22)28)25(32)29-18-5-9-23-21(13-18)30(24(31)14-34-23)10-11-33-19-6-2-16(26)3-7-19/h2-9,12-13,15H,10-11,14H2,1H3,(H,29,32). The molecule has 1 unspecified atom stereocenters. The summed E-state index contributed by atoms with van der Waals surface area (Å²) in [5, 5.41) is 4.18. The van der Waals surface area contributed by atoms with Crippen molar-refractivity contribution in [1.82, 2.24) is 0 Å². The fourth-order valence-corrected chi connectivity index (χ4v) is 3.95. The number of carbonyl (C=O) groups is 2. The van der Waals surface area contributed by atoms with Gasteiger partial charge in [0, 0.05) is 15.7 Å². The highest BCUT2D eigenvalue weighted by molar-refractivity contribution is 6.35. The zero-order valence-electron chi connectivity index (χ0n) is 18.6. The predicted molar refractivity (Wildman–Crippen MR) is 136 cm³/mol. The third-order valence-corrected chi connectivity index (χ3v) is 5.92. The number of anilines is 2. The molecule has 3 aromatic rings. The number of hydrogen-bond acceptors (Lipinski definition) is 5. The molecule has 35 heavy (non-hydrogen) atoms. The summed E-state index contributed by atoms with van der Waals surface area (Å²) in [6.45, 7) is 2.08. The highest BCUT2D eigenvalue weighted by Gasteiger charge is 2.26. The van der Waals surface area contributed by atoms with Crippen molar-refractivity contribution in [2.75, 3.05) is 30.0 Å². The van der Waals surface area contributed by atoms with Crippen molar-refractivity contribution in [3.63, 3.8) is 0 Å². The van der Waals surface area contributed by atoms with Crippen molar-refractivity contribution < 1.29 is 23.8 Å². The van der Waals surface area contributed by atoms with Crippen LogP contribution in [0.1, 0.15) is 6.92 Å². The molecule has 0 fully saturated rings. The Morgan fingerprint density at radius 1 is 1.06 bits per heavy atom. The van der Waals surface area contributed by atoms with Crippen LogP contribution >= 0.6 is 34.8 Å². The normalized spacial score (nSPS) is 13.5. The minimum atomic E-state index is -0.841. The zero-order valence-corrected chi connectivity index (χ0v) is 20.9. The van der Waals surface area contributed by atoms with Crippen molar-refractivity contribution in [2.24, 2.45) is 0 Å². The molecule has 1 atom stereocenters. The summed E-state index contributed by atoms with van der Waals surface area (Å²) in [5.41, 5.74) is 1.02. The van der Waals surface area contributed by atoms with Gasteiger partial charge in [0.2, 0.25) is 0 Å². The Kier molecular flexibility index (Phi) is 7.90. The van der Waals surface area contributed by atoms with Crippen molar-refractivity contribution >= 4 is 58.0 Å². The van der Waals surface area contributed by atoms with E-state index in [1.54, 1.807) is 66.4 Å². The van der Waals surface area contributed by atoms with Gasteiger partial charge in [-0.05, 0) is 67.6 Å². The number of carbonyl (C=O) groups excluding carboxylic acids is 2. The Bertz CT molecular complexity index is 1240. The third kappa shape index (κ3) is 6.31. The molecule has 0 bridgehead atoms. The summed E-state index contributed by atoms with van der Waals surface area (Å²) < 4.78 is 16.9. The lowest BCUT2D eigenvalue weighted by molar-refractivity contribution is -0.122. The molecule has 2 amide bonds. The molecular formula is C25H21Cl3N2O5. The average molecular weight is 536 g/mol. The van der Waals surface area contributed by atoms with Gasteiger partial charge in [-0.1, -0.05) is 34.8 Å². The first-order valence-electron chi connectivity index (χ1n) is 10.7. The first kappa shape index (κ1) is 25.0. The van der Waals surface area contributed by atoms with Crippen LogP contribution in [-0.4, -0.2) is 37.7 Å². The molecule has 1 N–H and O–H groups in total. The van der Waals surface area contributed by atoms with E-state index in [1.807, 2.05) is 0 Å². The summed E-state index contributed by atoms with van der Waals surface area (Å²) in [5.74, 6) is 0.916. The van der Waals surface area contributed by atoms with Gasteiger partial charge in [-0.15, -0.1) is 0 Å². The van der Waals surface area contributed by atoms with Crippen LogP contribution in [0.25, 0.3) is 0 Å². The van der Waals surface area contributed by atoms with Crippen molar-refractivity contribution in [2.45, 2.75) is 13.0 Å². The van der Waals surface area contributed by atoms with Crippen LogP contribution in [0.5, 0.6) is 17.2 Å². The van der Waals surface area contributed by atoms with E-state index >= 15 is 0 Å². The molecular weight excluding hydrogens is 515 g/mol. The van der Waals surface area contributed by atoms with Crippen LogP contribution in [0.4, 0.5) is 11.4 Å². The van der Waals surface area contributed by atoms with Gasteiger partial charge < -0.3 is 24.4 Å². The minimum absolute atomic E-state index is 0.0770. The number of benzene rings is 3. The van der Waals surface area contributed by atoms with Gasteiger partial charge in [0.25, 0.3) is 11.8 Å². The van der Waals surface area contributed by atoms with Crippen LogP contribution in [0, 0.1) is 0 Å². The minimum Gasteiger partial charge on any atom is -0.492 e. The Hall–Kier alpha value is -3.13. The van der Waals surface area contributed by atoms with E-state index < -0.39 is 12.0 Å². The summed E-state index contributed by atoms with van der Waals surface area (Å²) in [4.78, 5) is 26.8. The number of amides is 2. The van der Waals surface area contributed by atoms with Crippen LogP contribution < -0.4 is 24.4 Å². The van der Waals surface area contributed by atoms with Crippen molar-refractivity contribution in [3.8, 4) is 17.2 Å². The molecule has 3 aromatic carbocycles. The lowest BCUT2D eigenvalue weighted by Gasteiger charge is -2.30. The number of fused-ring (bicyclic) bond motifs is 1. The van der Waals surface area contributed by atoms with Gasteiger partial charge in [0.15, 0.2) is 12.7 Å². The SMILES string of the molecule is CC(Oc1ccc(Cl)cc1Cl)C(=O)Nc1ccc2c(c1)N(CCOc1ccc(Cl)cc1)C(=O)CO2. The van der Waals surface area contributed by atoms with Crippen molar-refractivity contribution in [1.29, 1.82) is 0 Å². The lowest BCUT2D eigenvalue weighted by Crippen LogP contribution is -2.41. The topological polar surface area (TPSA) is 77.1 Å². The molecule has 0 spiro atoms. The Labute approximate surface area is 217 Å². The van der Waals surface area contributed by atoms with E-state index in [4.69, 9.17) is 49.0 Å². The van der Waals surface area contributed by atoms with E-state index in [0.29, 0.717) is 50.2 Å². The van der Waals surface area contributed by atoms with Crippen LogP contribution in [0.15, 0.2) is 60.7 Å². The van der Waals surface area contributed by atoms with Gasteiger partial charge >= 0.3 is 0 Å². The smallest absolute Gasteiger partial charge is 0.265 e. The number of hydrogen-bond donors (Lipinski definition) is 1. The molecule has 4 rings (SSSR count). The lowest BCUT2D eigenvalue weighted by atomic mass is 10.2. The van der Waals surface area contributed by atoms with Crippen LogP contribution in [-0.2, 0) is 9.59 Å². The zero-order chi connectivity index (χ0) is 24.9. The molecule has 0 radical (unpaired) electrons. The highest BCUT2D eigenvalue weighted by atomic mass is 35.5. The number of nitrogens with one attached hydrogen (secondary N) is 1. The average Bonchev–Trinajstić information content (AvgIpc) is 2.83. The van der Waals surface area contributed by atoms with E-state index in [2.05, 4.69) is 5.32 Å². The molecule has 0 aromatic heterocycles. The summed E-state index contributed by atoms with van der Waals surface area (Å²) >= 11 is 17.9. The largest absolute Gasteiger partial charge is 0.492 e. The maximum absolute atomic E-state index is 12.7. The molecule has 7 nitrogen and oxygen atoms in total. The molecule has 0 saturated heterocycles. The first-order valence-corrected chi connectivity index (χ1v) is 11.8. The van der Waals surface area contributed by atoms with E-state index in [-0.39, 0.29) is 19.1 Å². The van der Waals surface area contributed by atoms with E-state index in [9.17, 15) is 9.59 Å². The second-order valence-corrected chi connectivity index (χ2v) is 8.92. The Balaban J connectivity index is 1.42. The molecule has 10 heteroatoms. The van der Waals surface area contributed by atoms with Gasteiger partial charge in [-0.3, -0.25) is 9.59 Å². The molecule has 182 valence electrons. The Morgan fingerprint density at radius 2 is 1.80 bits per heavy atom. The second kappa shape index (κ2) is 11.1. The number of rotatable bonds is 8. The monoisotopic (exact) mass is 534 g/mol. The van der Waals surface area contributed by atoms with Gasteiger partial charge in [-0.25, -0.2) is 0 Å². The maximum Gasteiger partial charge on any atom is 0.265 e. The van der Waals surface area contributed by atoms with E-state index in [1.165, 1.54) is 6.07 Å². The number of ether oxygens (including phenoxy) is 3. The molecule has 1 aliphatic heterocycles. The molecule has 0 aliphatic carbocycles. The summed E-state index contributed by atoms with van der Waals surface area (Å²) in [6, 6.07) is 16.8. The molecule has 0 saturated carbocycles. The number of nitrogens with zero attached hydrogens (tertiary/aromatic N) is 1. The summed E-state index contributed by atoms with van der Waals surface area (Å²) in [6.07, 6.45) is -0.841. The van der Waals surface area contributed by atoms with E-state index in [0.717, 1.165) is 0 Å². The van der Waals surface area contributed by atoms with Gasteiger partial charge in [0.1, 0.15) is 23.9 Å². The van der Waals surface area contributed by atoms with Gasteiger partial charge in [-0.2, -0.15) is 0 Å².